The van der Waals surface area contributed by atoms with Crippen LogP contribution in [0.3, 0.4) is 0 Å². The number of rotatable bonds is 6. The number of hydrogen-bond donors (Lipinski definition) is 2. The minimum Gasteiger partial charge on any atom is -0.550 e. The van der Waals surface area contributed by atoms with Crippen LogP contribution in [0.25, 0.3) is 0 Å². The Morgan fingerprint density at radius 1 is 0.875 bits per heavy atom. The van der Waals surface area contributed by atoms with Crippen molar-refractivity contribution >= 4 is 17.9 Å². The quantitative estimate of drug-likeness (QED) is 0.454. The molecule has 8 nitrogen and oxygen atoms in total. The molecule has 0 heterocycles. The van der Waals surface area contributed by atoms with E-state index in [-0.39, 0.29) is 23.2 Å². The molecule has 9 heteroatoms. The van der Waals surface area contributed by atoms with Crippen LogP contribution in [0.4, 0.5) is 0 Å². The van der Waals surface area contributed by atoms with Crippen molar-refractivity contribution in [3.05, 3.63) is 0 Å². The normalized spacial score (nSPS) is 9.56. The van der Waals surface area contributed by atoms with Crippen LogP contribution in [0.5, 0.6) is 0 Å². The van der Waals surface area contributed by atoms with Crippen molar-refractivity contribution in [3.63, 3.8) is 0 Å². The fourth-order valence-electron chi connectivity index (χ4n) is 0.994. The standard InChI is InChI=1S/C7H10O7.Fe.H3N/c8-4(9)1-7(14,2-5(10)11)3-6(12)13;;/h14H,1-3H2,(H,8,9)(H,10,11)(H,12,13);;1H3/q;+3;/p-3. The zero-order valence-electron chi connectivity index (χ0n) is 8.08. The van der Waals surface area contributed by atoms with E-state index in [4.69, 9.17) is 0 Å². The molecular formula is C7H10FeNO7. The third kappa shape index (κ3) is 9.41. The predicted molar refractivity (Wildman–Crippen MR) is 38.8 cm³/mol. The average molecular weight is 276 g/mol. The molecule has 0 aliphatic rings. The first kappa shape index (κ1) is 20.3. The summed E-state index contributed by atoms with van der Waals surface area (Å²) in [5.41, 5.74) is -2.42. The third-order valence-electron chi connectivity index (χ3n) is 1.42. The van der Waals surface area contributed by atoms with Crippen molar-refractivity contribution in [2.24, 2.45) is 0 Å². The van der Waals surface area contributed by atoms with Gasteiger partial charge in [-0.05, 0) is 0 Å². The van der Waals surface area contributed by atoms with Gasteiger partial charge in [-0.1, -0.05) is 0 Å². The zero-order chi connectivity index (χ0) is 11.4. The van der Waals surface area contributed by atoms with Crippen molar-refractivity contribution < 1.29 is 51.9 Å². The minimum atomic E-state index is -2.42. The van der Waals surface area contributed by atoms with Gasteiger partial charge >= 0.3 is 17.1 Å². The summed E-state index contributed by atoms with van der Waals surface area (Å²) in [5.74, 6) is -5.26. The van der Waals surface area contributed by atoms with Crippen LogP contribution in [0.1, 0.15) is 19.3 Å². The number of hydrogen-bond acceptors (Lipinski definition) is 8. The Kier molecular flexibility index (Phi) is 10.2. The molecule has 0 spiro atoms. The third-order valence-corrected chi connectivity index (χ3v) is 1.42. The van der Waals surface area contributed by atoms with Gasteiger partial charge in [-0.2, -0.15) is 0 Å². The first-order valence-electron chi connectivity index (χ1n) is 3.57. The van der Waals surface area contributed by atoms with E-state index in [1.165, 1.54) is 0 Å². The van der Waals surface area contributed by atoms with Crippen LogP contribution in [0.15, 0.2) is 0 Å². The zero-order valence-corrected chi connectivity index (χ0v) is 9.18. The van der Waals surface area contributed by atoms with Crippen molar-refractivity contribution in [2.45, 2.75) is 24.9 Å². The SMILES string of the molecule is N.O=C([O-])CC(O)(CC(=O)[O-])CC(=O)[O-].[Fe+3]. The van der Waals surface area contributed by atoms with E-state index in [9.17, 15) is 34.8 Å². The smallest absolute Gasteiger partial charge is 0.550 e. The van der Waals surface area contributed by atoms with E-state index in [0.717, 1.165) is 0 Å². The monoisotopic (exact) mass is 276 g/mol. The van der Waals surface area contributed by atoms with E-state index >= 15 is 0 Å². The van der Waals surface area contributed by atoms with Crippen LogP contribution >= 0.6 is 0 Å². The summed E-state index contributed by atoms with van der Waals surface area (Å²) in [5, 5.41) is 39.5. The van der Waals surface area contributed by atoms with Gasteiger partial charge in [0.15, 0.2) is 0 Å². The van der Waals surface area contributed by atoms with Gasteiger partial charge in [0.2, 0.25) is 0 Å². The Morgan fingerprint density at radius 2 is 1.06 bits per heavy atom. The van der Waals surface area contributed by atoms with Crippen LogP contribution in [-0.2, 0) is 31.5 Å². The molecular weight excluding hydrogens is 266 g/mol. The van der Waals surface area contributed by atoms with Crippen molar-refractivity contribution in [1.29, 1.82) is 0 Å². The molecule has 0 aromatic rings. The number of carbonyl (C=O) groups is 3. The summed E-state index contributed by atoms with van der Waals surface area (Å²) in [6.07, 6.45) is -3.31. The summed E-state index contributed by atoms with van der Waals surface area (Å²) in [4.78, 5) is 30.2. The van der Waals surface area contributed by atoms with Gasteiger partial charge in [-0.25, -0.2) is 0 Å². The molecule has 0 rings (SSSR count). The molecule has 0 saturated carbocycles. The van der Waals surface area contributed by atoms with Crippen molar-refractivity contribution in [3.8, 4) is 0 Å². The Morgan fingerprint density at radius 3 is 1.19 bits per heavy atom. The van der Waals surface area contributed by atoms with Gasteiger partial charge in [0, 0.05) is 37.2 Å². The molecule has 0 aromatic carbocycles. The molecule has 0 saturated heterocycles. The summed E-state index contributed by atoms with van der Waals surface area (Å²) < 4.78 is 0. The fraction of sp³-hybridized carbons (Fsp3) is 0.571. The average Bonchev–Trinajstić information content (AvgIpc) is 1.76. The molecule has 16 heavy (non-hydrogen) atoms. The molecule has 0 bridgehead atoms. The molecule has 0 aliphatic carbocycles. The Hall–Kier alpha value is -1.15. The second-order valence-corrected chi connectivity index (χ2v) is 2.87. The molecule has 1 radical (unpaired) electrons. The topological polar surface area (TPSA) is 176 Å². The second kappa shape index (κ2) is 8.05. The van der Waals surface area contributed by atoms with Crippen LogP contribution < -0.4 is 21.5 Å². The molecule has 0 amide bonds. The number of aliphatic carboxylic acids is 3. The summed E-state index contributed by atoms with van der Waals surface area (Å²) in [7, 11) is 0. The molecule has 0 atom stereocenters. The number of carbonyl (C=O) groups excluding carboxylic acids is 3. The fourth-order valence-corrected chi connectivity index (χ4v) is 0.994. The maximum atomic E-state index is 10.1. The maximum absolute atomic E-state index is 10.1. The van der Waals surface area contributed by atoms with E-state index in [1.54, 1.807) is 0 Å². The second-order valence-electron chi connectivity index (χ2n) is 2.87. The minimum absolute atomic E-state index is 0. The molecule has 4 N–H and O–H groups in total. The van der Waals surface area contributed by atoms with E-state index in [0.29, 0.717) is 0 Å². The molecule has 0 fully saturated rings. The van der Waals surface area contributed by atoms with Crippen molar-refractivity contribution in [1.82, 2.24) is 6.15 Å². The molecule has 0 aromatic heterocycles. The van der Waals surface area contributed by atoms with Gasteiger partial charge < -0.3 is 41.0 Å². The first-order valence-corrected chi connectivity index (χ1v) is 3.57. The van der Waals surface area contributed by atoms with Crippen molar-refractivity contribution in [2.75, 3.05) is 0 Å². The summed E-state index contributed by atoms with van der Waals surface area (Å²) >= 11 is 0. The van der Waals surface area contributed by atoms with Crippen LogP contribution in [-0.4, -0.2) is 28.6 Å². The number of carboxylic acid groups (broad SMARTS) is 3. The van der Waals surface area contributed by atoms with Gasteiger partial charge in [-0.15, -0.1) is 0 Å². The molecule has 0 unspecified atom stereocenters. The number of carboxylic acids is 3. The van der Waals surface area contributed by atoms with Crippen LogP contribution in [0, 0.1) is 0 Å². The summed E-state index contributed by atoms with van der Waals surface area (Å²) in [6.45, 7) is 0. The van der Waals surface area contributed by atoms with Gasteiger partial charge in [-0.3, -0.25) is 0 Å². The Balaban J connectivity index is -0.000000845. The van der Waals surface area contributed by atoms with Gasteiger partial charge in [0.05, 0.1) is 5.60 Å². The largest absolute Gasteiger partial charge is 3.00 e. The first-order chi connectivity index (χ1) is 6.25. The van der Waals surface area contributed by atoms with Crippen LogP contribution in [0.2, 0.25) is 0 Å². The summed E-state index contributed by atoms with van der Waals surface area (Å²) in [6, 6.07) is 0. The van der Waals surface area contributed by atoms with Gasteiger partial charge in [0.25, 0.3) is 0 Å². The van der Waals surface area contributed by atoms with E-state index in [2.05, 4.69) is 0 Å². The molecule has 93 valence electrons. The Labute approximate surface area is 101 Å². The Bertz CT molecular complexity index is 227. The van der Waals surface area contributed by atoms with E-state index < -0.39 is 42.8 Å². The predicted octanol–water partition coefficient (Wildman–Crippen LogP) is -4.70. The van der Waals surface area contributed by atoms with E-state index in [1.807, 2.05) is 0 Å². The number of aliphatic hydroxyl groups is 1. The maximum Gasteiger partial charge on any atom is 3.00 e. The molecule has 0 aliphatic heterocycles. The van der Waals surface area contributed by atoms with Gasteiger partial charge in [0.1, 0.15) is 0 Å².